The number of amides is 1. The van der Waals surface area contributed by atoms with Gasteiger partial charge in [-0.3, -0.25) is 4.79 Å². The third-order valence-corrected chi connectivity index (χ3v) is 3.47. The highest BCUT2D eigenvalue weighted by Gasteiger charge is 2.18. The van der Waals surface area contributed by atoms with E-state index in [2.05, 4.69) is 15.6 Å². The zero-order valence-corrected chi connectivity index (χ0v) is 10.8. The van der Waals surface area contributed by atoms with Gasteiger partial charge in [0.15, 0.2) is 0 Å². The Balaban J connectivity index is 1.81. The third kappa shape index (κ3) is 2.42. The zero-order chi connectivity index (χ0) is 13.2. The van der Waals surface area contributed by atoms with Gasteiger partial charge < -0.3 is 20.4 Å². The maximum atomic E-state index is 12.1. The van der Waals surface area contributed by atoms with Crippen molar-refractivity contribution < 1.29 is 9.53 Å². The van der Waals surface area contributed by atoms with Gasteiger partial charge in [0.1, 0.15) is 11.4 Å². The van der Waals surface area contributed by atoms with Crippen molar-refractivity contribution >= 4 is 16.8 Å². The number of rotatable bonds is 3. The van der Waals surface area contributed by atoms with Crippen LogP contribution in [-0.4, -0.2) is 37.1 Å². The Morgan fingerprint density at radius 2 is 2.32 bits per heavy atom. The smallest absolute Gasteiger partial charge is 0.267 e. The highest BCUT2D eigenvalue weighted by molar-refractivity contribution is 5.98. The molecule has 3 rings (SSSR count). The van der Waals surface area contributed by atoms with Gasteiger partial charge in [0.2, 0.25) is 0 Å². The van der Waals surface area contributed by atoms with Gasteiger partial charge in [-0.2, -0.15) is 0 Å². The molecule has 1 fully saturated rings. The maximum absolute atomic E-state index is 12.1. The molecule has 5 heteroatoms. The lowest BCUT2D eigenvalue weighted by molar-refractivity contribution is 0.0936. The molecule has 2 heterocycles. The van der Waals surface area contributed by atoms with E-state index in [1.807, 2.05) is 24.3 Å². The Hall–Kier alpha value is -2.01. The molecule has 0 aliphatic carbocycles. The molecule has 0 bridgehead atoms. The average molecular weight is 259 g/mol. The van der Waals surface area contributed by atoms with Gasteiger partial charge in [0, 0.05) is 29.6 Å². The predicted molar refractivity (Wildman–Crippen MR) is 73.6 cm³/mol. The summed E-state index contributed by atoms with van der Waals surface area (Å²) < 4.78 is 5.17. The number of fused-ring (bicyclic) bond motifs is 1. The molecule has 1 aromatic heterocycles. The maximum Gasteiger partial charge on any atom is 0.267 e. The first-order valence-electron chi connectivity index (χ1n) is 6.44. The standard InChI is InChI=1S/C14H17N3O2/c1-19-11-3-2-9-6-13(17-12(9)7-11)14(18)16-10-4-5-15-8-10/h2-3,6-7,10,15,17H,4-5,8H2,1H3,(H,16,18). The van der Waals surface area contributed by atoms with Gasteiger partial charge in [-0.1, -0.05) is 0 Å². The Kier molecular flexibility index (Phi) is 3.13. The monoisotopic (exact) mass is 259 g/mol. The van der Waals surface area contributed by atoms with Crippen LogP contribution in [0.4, 0.5) is 0 Å². The molecule has 100 valence electrons. The van der Waals surface area contributed by atoms with Crippen molar-refractivity contribution in [3.05, 3.63) is 30.0 Å². The molecule has 0 saturated carbocycles. The van der Waals surface area contributed by atoms with Crippen LogP contribution < -0.4 is 15.4 Å². The number of carbonyl (C=O) groups excluding carboxylic acids is 1. The summed E-state index contributed by atoms with van der Waals surface area (Å²) in [6.07, 6.45) is 0.986. The fourth-order valence-corrected chi connectivity index (χ4v) is 2.40. The molecule has 19 heavy (non-hydrogen) atoms. The Labute approximate surface area is 111 Å². The number of H-pyrrole nitrogens is 1. The van der Waals surface area contributed by atoms with E-state index in [1.54, 1.807) is 7.11 Å². The molecule has 5 nitrogen and oxygen atoms in total. The van der Waals surface area contributed by atoms with E-state index in [9.17, 15) is 4.79 Å². The fourth-order valence-electron chi connectivity index (χ4n) is 2.40. The Bertz CT molecular complexity index is 600. The Morgan fingerprint density at radius 3 is 3.05 bits per heavy atom. The van der Waals surface area contributed by atoms with Crippen LogP contribution in [0.25, 0.3) is 10.9 Å². The SMILES string of the molecule is COc1ccc2cc(C(=O)NC3CCNC3)[nH]c2c1. The van der Waals surface area contributed by atoms with E-state index >= 15 is 0 Å². The van der Waals surface area contributed by atoms with Gasteiger partial charge in [-0.15, -0.1) is 0 Å². The lowest BCUT2D eigenvalue weighted by Gasteiger charge is -2.09. The van der Waals surface area contributed by atoms with Crippen molar-refractivity contribution in [1.82, 2.24) is 15.6 Å². The number of nitrogens with one attached hydrogen (secondary N) is 3. The quantitative estimate of drug-likeness (QED) is 0.777. The van der Waals surface area contributed by atoms with Crippen molar-refractivity contribution in [2.45, 2.75) is 12.5 Å². The number of methoxy groups -OCH3 is 1. The van der Waals surface area contributed by atoms with Crippen LogP contribution in [0.5, 0.6) is 5.75 Å². The summed E-state index contributed by atoms with van der Waals surface area (Å²) in [5.41, 5.74) is 1.50. The number of ether oxygens (including phenoxy) is 1. The van der Waals surface area contributed by atoms with Gasteiger partial charge in [-0.05, 0) is 31.2 Å². The number of carbonyl (C=O) groups is 1. The zero-order valence-electron chi connectivity index (χ0n) is 10.8. The lowest BCUT2D eigenvalue weighted by Crippen LogP contribution is -2.36. The Morgan fingerprint density at radius 1 is 1.42 bits per heavy atom. The summed E-state index contributed by atoms with van der Waals surface area (Å²) in [5.74, 6) is 0.727. The number of hydrogen-bond acceptors (Lipinski definition) is 3. The van der Waals surface area contributed by atoms with E-state index in [1.165, 1.54) is 0 Å². The van der Waals surface area contributed by atoms with Crippen LogP contribution in [0.15, 0.2) is 24.3 Å². The molecule has 1 amide bonds. The topological polar surface area (TPSA) is 66.2 Å². The van der Waals surface area contributed by atoms with Gasteiger partial charge in [-0.25, -0.2) is 0 Å². The summed E-state index contributed by atoms with van der Waals surface area (Å²) in [5, 5.41) is 7.26. The van der Waals surface area contributed by atoms with Crippen molar-refractivity contribution in [3.8, 4) is 5.75 Å². The molecule has 1 aliphatic rings. The molecule has 1 saturated heterocycles. The second-order valence-electron chi connectivity index (χ2n) is 4.80. The first-order chi connectivity index (χ1) is 9.26. The number of benzene rings is 1. The lowest BCUT2D eigenvalue weighted by atomic mass is 10.2. The first kappa shape index (κ1) is 12.0. The van der Waals surface area contributed by atoms with Crippen molar-refractivity contribution in [2.24, 2.45) is 0 Å². The summed E-state index contributed by atoms with van der Waals surface area (Å²) in [6, 6.07) is 7.82. The molecular formula is C14H17N3O2. The molecule has 1 aliphatic heterocycles. The molecule has 1 unspecified atom stereocenters. The molecule has 3 N–H and O–H groups in total. The second kappa shape index (κ2) is 4.93. The third-order valence-electron chi connectivity index (χ3n) is 3.47. The van der Waals surface area contributed by atoms with Crippen molar-refractivity contribution in [3.63, 3.8) is 0 Å². The van der Waals surface area contributed by atoms with Crippen LogP contribution in [-0.2, 0) is 0 Å². The summed E-state index contributed by atoms with van der Waals surface area (Å²) in [6.45, 7) is 1.81. The van der Waals surface area contributed by atoms with Crippen LogP contribution in [0.3, 0.4) is 0 Å². The minimum absolute atomic E-state index is 0.0520. The summed E-state index contributed by atoms with van der Waals surface area (Å²) in [7, 11) is 1.63. The molecule has 1 aromatic carbocycles. The van der Waals surface area contributed by atoms with E-state index < -0.39 is 0 Å². The molecule has 1 atom stereocenters. The minimum Gasteiger partial charge on any atom is -0.497 e. The summed E-state index contributed by atoms with van der Waals surface area (Å²) in [4.78, 5) is 15.3. The second-order valence-corrected chi connectivity index (χ2v) is 4.80. The average Bonchev–Trinajstić information content (AvgIpc) is 3.05. The van der Waals surface area contributed by atoms with Crippen LogP contribution in [0.2, 0.25) is 0 Å². The highest BCUT2D eigenvalue weighted by atomic mass is 16.5. The van der Waals surface area contributed by atoms with E-state index in [0.29, 0.717) is 5.69 Å². The fraction of sp³-hybridized carbons (Fsp3) is 0.357. The van der Waals surface area contributed by atoms with E-state index in [4.69, 9.17) is 4.74 Å². The largest absolute Gasteiger partial charge is 0.497 e. The molecule has 2 aromatic rings. The highest BCUT2D eigenvalue weighted by Crippen LogP contribution is 2.21. The summed E-state index contributed by atoms with van der Waals surface area (Å²) >= 11 is 0. The van der Waals surface area contributed by atoms with Crippen LogP contribution in [0, 0.1) is 0 Å². The molecule has 0 spiro atoms. The van der Waals surface area contributed by atoms with Crippen LogP contribution in [0.1, 0.15) is 16.9 Å². The first-order valence-corrected chi connectivity index (χ1v) is 6.44. The normalized spacial score (nSPS) is 18.7. The van der Waals surface area contributed by atoms with E-state index in [-0.39, 0.29) is 11.9 Å². The van der Waals surface area contributed by atoms with Crippen molar-refractivity contribution in [2.75, 3.05) is 20.2 Å². The molecular weight excluding hydrogens is 242 g/mol. The van der Waals surface area contributed by atoms with Gasteiger partial charge in [0.05, 0.1) is 7.11 Å². The van der Waals surface area contributed by atoms with Crippen LogP contribution >= 0.6 is 0 Å². The number of aromatic nitrogens is 1. The van der Waals surface area contributed by atoms with Crippen molar-refractivity contribution in [1.29, 1.82) is 0 Å². The van der Waals surface area contributed by atoms with Gasteiger partial charge in [0.25, 0.3) is 5.91 Å². The molecule has 0 radical (unpaired) electrons. The minimum atomic E-state index is -0.0520. The number of aromatic amines is 1. The van der Waals surface area contributed by atoms with E-state index in [0.717, 1.165) is 36.2 Å². The predicted octanol–water partition coefficient (Wildman–Crippen LogP) is 1.27. The number of hydrogen-bond donors (Lipinski definition) is 3. The van der Waals surface area contributed by atoms with Gasteiger partial charge >= 0.3 is 0 Å².